The predicted molar refractivity (Wildman–Crippen MR) is 82.5 cm³/mol. The summed E-state index contributed by atoms with van der Waals surface area (Å²) >= 11 is 0. The zero-order valence-corrected chi connectivity index (χ0v) is 12.5. The number of hydrazine groups is 1. The summed E-state index contributed by atoms with van der Waals surface area (Å²) < 4.78 is 37.5. The van der Waals surface area contributed by atoms with Gasteiger partial charge in [0, 0.05) is 10.9 Å². The molecular weight excluding hydrogens is 337 g/mol. The molecule has 0 radical (unpaired) electrons. The van der Waals surface area contributed by atoms with Crippen LogP contribution in [0.4, 0.5) is 13.2 Å². The molecule has 25 heavy (non-hydrogen) atoms. The molecule has 0 saturated carbocycles. The first kappa shape index (κ1) is 16.5. The van der Waals surface area contributed by atoms with E-state index < -0.39 is 23.6 Å². The van der Waals surface area contributed by atoms with E-state index in [-0.39, 0.29) is 11.3 Å². The minimum absolute atomic E-state index is 0.0276. The molecule has 0 saturated heterocycles. The average Bonchev–Trinajstić information content (AvgIpc) is 3.03. The van der Waals surface area contributed by atoms with Crippen molar-refractivity contribution in [1.82, 2.24) is 21.0 Å². The summed E-state index contributed by atoms with van der Waals surface area (Å²) in [5.74, 6) is -1.40. The van der Waals surface area contributed by atoms with Crippen LogP contribution >= 0.6 is 0 Å². The van der Waals surface area contributed by atoms with Gasteiger partial charge >= 0.3 is 6.18 Å². The van der Waals surface area contributed by atoms with Crippen LogP contribution in [0.15, 0.2) is 48.5 Å². The summed E-state index contributed by atoms with van der Waals surface area (Å²) in [5, 5.41) is 7.12. The SMILES string of the molecule is O=C(NNC(=O)c1n[nH]c2ccccc12)c1ccc(C(F)(F)F)cc1. The number of nitrogens with one attached hydrogen (secondary N) is 3. The van der Waals surface area contributed by atoms with Gasteiger partial charge in [-0.1, -0.05) is 18.2 Å². The summed E-state index contributed by atoms with van der Waals surface area (Å²) in [6, 6.07) is 10.5. The fourth-order valence-electron chi connectivity index (χ4n) is 2.19. The van der Waals surface area contributed by atoms with E-state index in [2.05, 4.69) is 21.0 Å². The summed E-state index contributed by atoms with van der Waals surface area (Å²) in [5.41, 5.74) is 4.16. The minimum Gasteiger partial charge on any atom is -0.277 e. The minimum atomic E-state index is -4.48. The fourth-order valence-corrected chi connectivity index (χ4v) is 2.19. The van der Waals surface area contributed by atoms with Crippen LogP contribution in [0, 0.1) is 0 Å². The molecule has 0 fully saturated rings. The topological polar surface area (TPSA) is 86.9 Å². The molecule has 3 rings (SSSR count). The molecule has 3 aromatic rings. The number of benzene rings is 2. The normalized spacial score (nSPS) is 11.3. The van der Waals surface area contributed by atoms with E-state index >= 15 is 0 Å². The highest BCUT2D eigenvalue weighted by Crippen LogP contribution is 2.29. The maximum atomic E-state index is 12.5. The number of para-hydroxylation sites is 1. The monoisotopic (exact) mass is 348 g/mol. The van der Waals surface area contributed by atoms with Crippen molar-refractivity contribution in [2.75, 3.05) is 0 Å². The van der Waals surface area contributed by atoms with Crippen LogP contribution in [-0.2, 0) is 6.18 Å². The molecule has 3 N–H and O–H groups in total. The fraction of sp³-hybridized carbons (Fsp3) is 0.0625. The Hall–Kier alpha value is -3.36. The van der Waals surface area contributed by atoms with Crippen molar-refractivity contribution in [2.45, 2.75) is 6.18 Å². The molecule has 0 unspecified atom stereocenters. The van der Waals surface area contributed by atoms with Crippen LogP contribution in [0.2, 0.25) is 0 Å². The number of aromatic amines is 1. The first-order valence-corrected chi connectivity index (χ1v) is 7.07. The molecule has 0 aliphatic heterocycles. The molecule has 2 aromatic carbocycles. The van der Waals surface area contributed by atoms with Crippen LogP contribution in [0.25, 0.3) is 10.9 Å². The van der Waals surface area contributed by atoms with Gasteiger partial charge in [0.1, 0.15) is 0 Å². The molecule has 0 bridgehead atoms. The van der Waals surface area contributed by atoms with Gasteiger partial charge < -0.3 is 0 Å². The lowest BCUT2D eigenvalue weighted by Crippen LogP contribution is -2.41. The van der Waals surface area contributed by atoms with E-state index in [0.717, 1.165) is 24.3 Å². The molecule has 2 amide bonds. The molecule has 0 atom stereocenters. The van der Waals surface area contributed by atoms with Crippen LogP contribution in [0.3, 0.4) is 0 Å². The van der Waals surface area contributed by atoms with Crippen molar-refractivity contribution in [1.29, 1.82) is 0 Å². The quantitative estimate of drug-likeness (QED) is 0.622. The van der Waals surface area contributed by atoms with Crippen LogP contribution in [-0.4, -0.2) is 22.0 Å². The second-order valence-corrected chi connectivity index (χ2v) is 5.10. The average molecular weight is 348 g/mol. The molecule has 1 heterocycles. The van der Waals surface area contributed by atoms with Crippen molar-refractivity contribution in [3.63, 3.8) is 0 Å². The van der Waals surface area contributed by atoms with Crippen molar-refractivity contribution < 1.29 is 22.8 Å². The van der Waals surface area contributed by atoms with Gasteiger partial charge in [0.15, 0.2) is 5.69 Å². The van der Waals surface area contributed by atoms with Gasteiger partial charge in [-0.05, 0) is 30.3 Å². The van der Waals surface area contributed by atoms with Gasteiger partial charge in [0.05, 0.1) is 11.1 Å². The smallest absolute Gasteiger partial charge is 0.277 e. The number of aromatic nitrogens is 2. The van der Waals surface area contributed by atoms with E-state index in [0.29, 0.717) is 10.9 Å². The number of nitrogens with zero attached hydrogens (tertiary/aromatic N) is 1. The second kappa shape index (κ2) is 6.27. The summed E-state index contributed by atoms with van der Waals surface area (Å²) in [4.78, 5) is 24.0. The standard InChI is InChI=1S/C16H11F3N4O2/c17-16(18,19)10-7-5-9(6-8-10)14(24)22-23-15(25)13-11-3-1-2-4-12(11)20-21-13/h1-8H,(H,20,21)(H,22,24)(H,23,25). The number of fused-ring (bicyclic) bond motifs is 1. The lowest BCUT2D eigenvalue weighted by molar-refractivity contribution is -0.137. The van der Waals surface area contributed by atoms with Gasteiger partial charge in [0.2, 0.25) is 0 Å². The van der Waals surface area contributed by atoms with E-state index in [9.17, 15) is 22.8 Å². The lowest BCUT2D eigenvalue weighted by atomic mass is 10.1. The van der Waals surface area contributed by atoms with Crippen LogP contribution < -0.4 is 10.9 Å². The Morgan fingerprint density at radius 3 is 2.24 bits per heavy atom. The third-order valence-electron chi connectivity index (χ3n) is 3.45. The highest BCUT2D eigenvalue weighted by molar-refractivity contribution is 6.05. The van der Waals surface area contributed by atoms with Gasteiger partial charge in [-0.15, -0.1) is 0 Å². The van der Waals surface area contributed by atoms with Crippen molar-refractivity contribution in [3.05, 3.63) is 65.4 Å². The van der Waals surface area contributed by atoms with Crippen molar-refractivity contribution in [2.24, 2.45) is 0 Å². The third kappa shape index (κ3) is 3.44. The van der Waals surface area contributed by atoms with E-state index in [4.69, 9.17) is 0 Å². The molecule has 0 aliphatic rings. The third-order valence-corrected chi connectivity index (χ3v) is 3.45. The number of amides is 2. The molecule has 128 valence electrons. The Bertz CT molecular complexity index is 932. The largest absolute Gasteiger partial charge is 0.416 e. The number of carbonyl (C=O) groups excluding carboxylic acids is 2. The summed E-state index contributed by atoms with van der Waals surface area (Å²) in [6.45, 7) is 0. The Morgan fingerprint density at radius 2 is 1.56 bits per heavy atom. The number of rotatable bonds is 2. The van der Waals surface area contributed by atoms with Crippen molar-refractivity contribution in [3.8, 4) is 0 Å². The molecule has 6 nitrogen and oxygen atoms in total. The number of hydrogen-bond donors (Lipinski definition) is 3. The highest BCUT2D eigenvalue weighted by Gasteiger charge is 2.30. The Labute approximate surface area is 139 Å². The van der Waals surface area contributed by atoms with Crippen LogP contribution in [0.5, 0.6) is 0 Å². The van der Waals surface area contributed by atoms with Gasteiger partial charge in [-0.3, -0.25) is 25.5 Å². The summed E-state index contributed by atoms with van der Waals surface area (Å²) in [6.07, 6.45) is -4.48. The zero-order valence-electron chi connectivity index (χ0n) is 12.5. The first-order chi connectivity index (χ1) is 11.9. The number of hydrogen-bond acceptors (Lipinski definition) is 3. The molecule has 9 heteroatoms. The predicted octanol–water partition coefficient (Wildman–Crippen LogP) is 2.66. The number of halogens is 3. The maximum absolute atomic E-state index is 12.5. The maximum Gasteiger partial charge on any atom is 0.416 e. The molecule has 1 aromatic heterocycles. The first-order valence-electron chi connectivity index (χ1n) is 7.07. The van der Waals surface area contributed by atoms with Crippen LogP contribution in [0.1, 0.15) is 26.4 Å². The molecule has 0 spiro atoms. The van der Waals surface area contributed by atoms with Gasteiger partial charge in [0.25, 0.3) is 11.8 Å². The van der Waals surface area contributed by atoms with E-state index in [1.54, 1.807) is 24.3 Å². The Morgan fingerprint density at radius 1 is 0.920 bits per heavy atom. The summed E-state index contributed by atoms with van der Waals surface area (Å²) in [7, 11) is 0. The zero-order chi connectivity index (χ0) is 18.0. The Balaban J connectivity index is 1.67. The number of carbonyl (C=O) groups is 2. The molecule has 0 aliphatic carbocycles. The lowest BCUT2D eigenvalue weighted by Gasteiger charge is -2.08. The van der Waals surface area contributed by atoms with E-state index in [1.165, 1.54) is 0 Å². The Kier molecular flexibility index (Phi) is 4.14. The number of alkyl halides is 3. The van der Waals surface area contributed by atoms with Crippen molar-refractivity contribution >= 4 is 22.7 Å². The highest BCUT2D eigenvalue weighted by atomic mass is 19.4. The number of H-pyrrole nitrogens is 1. The van der Waals surface area contributed by atoms with Gasteiger partial charge in [-0.2, -0.15) is 18.3 Å². The second-order valence-electron chi connectivity index (χ2n) is 5.10. The van der Waals surface area contributed by atoms with Gasteiger partial charge in [-0.25, -0.2) is 0 Å². The van der Waals surface area contributed by atoms with E-state index in [1.807, 2.05) is 0 Å². The molecular formula is C16H11F3N4O2.